The molecule has 4 N–H and O–H groups in total. The lowest BCUT2D eigenvalue weighted by Crippen LogP contribution is -2.43. The molecule has 1 unspecified atom stereocenters. The van der Waals surface area contributed by atoms with Gasteiger partial charge in [-0.2, -0.15) is 0 Å². The fraction of sp³-hybridized carbons (Fsp3) is 0.800. The number of hydrogen-bond donors (Lipinski definition) is 3. The molecule has 0 bridgehead atoms. The van der Waals surface area contributed by atoms with Gasteiger partial charge < -0.3 is 21.3 Å². The van der Waals surface area contributed by atoms with Crippen molar-refractivity contribution >= 4 is 11.8 Å². The Morgan fingerprint density at radius 3 is 2.69 bits per heavy atom. The summed E-state index contributed by atoms with van der Waals surface area (Å²) in [6.45, 7) is 1.66. The Bertz CT molecular complexity index is 257. The molecular weight excluding hydrogens is 208 g/mol. The van der Waals surface area contributed by atoms with Crippen LogP contribution < -0.4 is 16.4 Å². The number of nitrogens with zero attached hydrogens (tertiary/aromatic N) is 1. The quantitative estimate of drug-likeness (QED) is 0.522. The summed E-state index contributed by atoms with van der Waals surface area (Å²) in [6.07, 6.45) is 2.30. The number of likely N-dealkylation sites (N-methyl/N-ethyl adjacent to an activating group) is 1. The molecule has 1 rings (SSSR count). The first-order chi connectivity index (χ1) is 7.63. The van der Waals surface area contributed by atoms with Crippen LogP contribution in [0.3, 0.4) is 0 Å². The summed E-state index contributed by atoms with van der Waals surface area (Å²) in [4.78, 5) is 24.4. The lowest BCUT2D eigenvalue weighted by atomic mass is 10.2. The van der Waals surface area contributed by atoms with Gasteiger partial charge in [0, 0.05) is 12.6 Å². The first kappa shape index (κ1) is 12.9. The maximum atomic E-state index is 11.3. The summed E-state index contributed by atoms with van der Waals surface area (Å²) in [7, 11) is 2.06. The normalized spacial score (nSPS) is 20.8. The van der Waals surface area contributed by atoms with E-state index in [1.165, 1.54) is 6.42 Å². The summed E-state index contributed by atoms with van der Waals surface area (Å²) < 4.78 is 0. The second-order valence-electron chi connectivity index (χ2n) is 4.06. The molecule has 1 fully saturated rings. The van der Waals surface area contributed by atoms with Crippen molar-refractivity contribution in [3.63, 3.8) is 0 Å². The van der Waals surface area contributed by atoms with Crippen molar-refractivity contribution in [2.24, 2.45) is 5.73 Å². The van der Waals surface area contributed by atoms with Crippen LogP contribution >= 0.6 is 0 Å². The number of carbonyl (C=O) groups is 2. The molecule has 0 aromatic rings. The fourth-order valence-corrected chi connectivity index (χ4v) is 1.78. The third kappa shape index (κ3) is 4.16. The van der Waals surface area contributed by atoms with Gasteiger partial charge in [0.1, 0.15) is 0 Å². The van der Waals surface area contributed by atoms with Crippen molar-refractivity contribution in [2.75, 3.05) is 33.2 Å². The van der Waals surface area contributed by atoms with Crippen LogP contribution in [-0.2, 0) is 9.59 Å². The second-order valence-corrected chi connectivity index (χ2v) is 4.06. The SMILES string of the molecule is CN1CCCC1CNC(=O)CNC(=O)CN. The number of likely N-dealkylation sites (tertiary alicyclic amines) is 1. The van der Waals surface area contributed by atoms with Crippen LogP contribution in [0.15, 0.2) is 0 Å². The van der Waals surface area contributed by atoms with E-state index >= 15 is 0 Å². The highest BCUT2D eigenvalue weighted by Crippen LogP contribution is 2.13. The van der Waals surface area contributed by atoms with Crippen molar-refractivity contribution < 1.29 is 9.59 Å². The van der Waals surface area contributed by atoms with Crippen molar-refractivity contribution in [3.8, 4) is 0 Å². The van der Waals surface area contributed by atoms with Gasteiger partial charge in [-0.25, -0.2) is 0 Å². The van der Waals surface area contributed by atoms with Crippen LogP contribution in [0.5, 0.6) is 0 Å². The Morgan fingerprint density at radius 1 is 1.38 bits per heavy atom. The van der Waals surface area contributed by atoms with Gasteiger partial charge in [0.25, 0.3) is 0 Å². The smallest absolute Gasteiger partial charge is 0.239 e. The molecule has 6 nitrogen and oxygen atoms in total. The third-order valence-electron chi connectivity index (χ3n) is 2.84. The van der Waals surface area contributed by atoms with E-state index in [0.717, 1.165) is 13.0 Å². The van der Waals surface area contributed by atoms with E-state index in [1.807, 2.05) is 0 Å². The second kappa shape index (κ2) is 6.44. The van der Waals surface area contributed by atoms with E-state index in [2.05, 4.69) is 22.6 Å². The van der Waals surface area contributed by atoms with E-state index in [1.54, 1.807) is 0 Å². The predicted octanol–water partition coefficient (Wildman–Crippen LogP) is -1.73. The Balaban J connectivity index is 2.12. The highest BCUT2D eigenvalue weighted by atomic mass is 16.2. The molecule has 1 aliphatic heterocycles. The first-order valence-electron chi connectivity index (χ1n) is 5.57. The van der Waals surface area contributed by atoms with E-state index in [9.17, 15) is 9.59 Å². The van der Waals surface area contributed by atoms with Gasteiger partial charge in [0.15, 0.2) is 0 Å². The van der Waals surface area contributed by atoms with Crippen LogP contribution in [0.2, 0.25) is 0 Å². The van der Waals surface area contributed by atoms with Gasteiger partial charge in [0.2, 0.25) is 11.8 Å². The minimum atomic E-state index is -0.312. The Labute approximate surface area is 95.5 Å². The van der Waals surface area contributed by atoms with E-state index in [4.69, 9.17) is 5.73 Å². The topological polar surface area (TPSA) is 87.5 Å². The number of nitrogens with two attached hydrogens (primary N) is 1. The Hall–Kier alpha value is -1.14. The molecule has 0 radical (unpaired) electrons. The Kier molecular flexibility index (Phi) is 5.21. The van der Waals surface area contributed by atoms with Crippen molar-refractivity contribution in [2.45, 2.75) is 18.9 Å². The fourth-order valence-electron chi connectivity index (χ4n) is 1.78. The lowest BCUT2D eigenvalue weighted by molar-refractivity contribution is -0.125. The van der Waals surface area contributed by atoms with Gasteiger partial charge in [-0.1, -0.05) is 0 Å². The van der Waals surface area contributed by atoms with Crippen LogP contribution in [-0.4, -0.2) is 56.0 Å². The molecule has 16 heavy (non-hydrogen) atoms. The zero-order chi connectivity index (χ0) is 12.0. The van der Waals surface area contributed by atoms with Gasteiger partial charge in [-0.15, -0.1) is 0 Å². The minimum Gasteiger partial charge on any atom is -0.353 e. The number of nitrogens with one attached hydrogen (secondary N) is 2. The van der Waals surface area contributed by atoms with Gasteiger partial charge >= 0.3 is 0 Å². The minimum absolute atomic E-state index is 0.00642. The number of hydrogen-bond acceptors (Lipinski definition) is 4. The molecule has 0 saturated carbocycles. The molecule has 2 amide bonds. The van der Waals surface area contributed by atoms with Crippen molar-refractivity contribution in [1.82, 2.24) is 15.5 Å². The number of carbonyl (C=O) groups excluding carboxylic acids is 2. The highest BCUT2D eigenvalue weighted by Gasteiger charge is 2.20. The maximum Gasteiger partial charge on any atom is 0.239 e. The van der Waals surface area contributed by atoms with Crippen molar-refractivity contribution in [1.29, 1.82) is 0 Å². The average Bonchev–Trinajstić information content (AvgIpc) is 2.69. The molecule has 0 spiro atoms. The molecule has 1 atom stereocenters. The summed E-state index contributed by atoms with van der Waals surface area (Å²) in [5.41, 5.74) is 5.10. The van der Waals surface area contributed by atoms with Crippen LogP contribution in [0, 0.1) is 0 Å². The zero-order valence-electron chi connectivity index (χ0n) is 9.66. The van der Waals surface area contributed by atoms with Crippen LogP contribution in [0.1, 0.15) is 12.8 Å². The third-order valence-corrected chi connectivity index (χ3v) is 2.84. The molecule has 0 aliphatic carbocycles. The molecule has 1 saturated heterocycles. The van der Waals surface area contributed by atoms with Gasteiger partial charge in [-0.3, -0.25) is 9.59 Å². The van der Waals surface area contributed by atoms with Crippen LogP contribution in [0.4, 0.5) is 0 Å². The molecule has 0 aromatic heterocycles. The number of amides is 2. The standard InChI is InChI=1S/C10H20N4O2/c1-14-4-2-3-8(14)6-12-10(16)7-13-9(15)5-11/h8H,2-7,11H2,1H3,(H,12,16)(H,13,15). The molecule has 0 aromatic carbocycles. The van der Waals surface area contributed by atoms with Gasteiger partial charge in [-0.05, 0) is 26.4 Å². The zero-order valence-corrected chi connectivity index (χ0v) is 9.66. The lowest BCUT2D eigenvalue weighted by Gasteiger charge is -2.19. The average molecular weight is 228 g/mol. The summed E-state index contributed by atoms with van der Waals surface area (Å²) >= 11 is 0. The van der Waals surface area contributed by atoms with E-state index in [-0.39, 0.29) is 24.9 Å². The maximum absolute atomic E-state index is 11.3. The molecule has 1 heterocycles. The van der Waals surface area contributed by atoms with E-state index in [0.29, 0.717) is 12.6 Å². The summed E-state index contributed by atoms with van der Waals surface area (Å²) in [6, 6.07) is 0.425. The largest absolute Gasteiger partial charge is 0.353 e. The first-order valence-corrected chi connectivity index (χ1v) is 5.57. The molecule has 1 aliphatic rings. The predicted molar refractivity (Wildman–Crippen MR) is 60.7 cm³/mol. The number of rotatable bonds is 5. The van der Waals surface area contributed by atoms with E-state index < -0.39 is 0 Å². The molecular formula is C10H20N4O2. The Morgan fingerprint density at radius 2 is 2.12 bits per heavy atom. The highest BCUT2D eigenvalue weighted by molar-refractivity contribution is 5.85. The molecule has 92 valence electrons. The van der Waals surface area contributed by atoms with Crippen LogP contribution in [0.25, 0.3) is 0 Å². The summed E-state index contributed by atoms with van der Waals surface area (Å²) in [5.74, 6) is -0.477. The van der Waals surface area contributed by atoms with Crippen molar-refractivity contribution in [3.05, 3.63) is 0 Å². The molecule has 6 heteroatoms. The van der Waals surface area contributed by atoms with Gasteiger partial charge in [0.05, 0.1) is 13.1 Å². The monoisotopic (exact) mass is 228 g/mol. The summed E-state index contributed by atoms with van der Waals surface area (Å²) in [5, 5.41) is 5.23.